The Morgan fingerprint density at radius 1 is 0.829 bits per heavy atom. The molecule has 6 nitrogen and oxygen atoms in total. The van der Waals surface area contributed by atoms with E-state index in [0.717, 1.165) is 12.0 Å². The highest BCUT2D eigenvalue weighted by Gasteiger charge is 2.17. The van der Waals surface area contributed by atoms with Crippen LogP contribution in [0.1, 0.15) is 55.1 Å². The van der Waals surface area contributed by atoms with Crippen molar-refractivity contribution in [3.63, 3.8) is 0 Å². The SMILES string of the molecule is CCC(C)(C)c1ccc(OCC(=O)Nc2ccc(C(=O)CC(=O)Nc3cccc(C)c3)cc2)cc1. The number of amides is 2. The summed E-state index contributed by atoms with van der Waals surface area (Å²) in [5, 5.41) is 5.48. The van der Waals surface area contributed by atoms with E-state index in [0.29, 0.717) is 22.7 Å². The van der Waals surface area contributed by atoms with Crippen LogP contribution in [0.3, 0.4) is 0 Å². The third-order valence-electron chi connectivity index (χ3n) is 6.00. The van der Waals surface area contributed by atoms with Crippen molar-refractivity contribution >= 4 is 29.0 Å². The highest BCUT2D eigenvalue weighted by molar-refractivity contribution is 6.11. The second kappa shape index (κ2) is 11.5. The third-order valence-corrected chi connectivity index (χ3v) is 6.00. The van der Waals surface area contributed by atoms with Gasteiger partial charge in [-0.2, -0.15) is 0 Å². The lowest BCUT2D eigenvalue weighted by atomic mass is 9.82. The molecule has 0 bridgehead atoms. The van der Waals surface area contributed by atoms with Crippen LogP contribution in [0.5, 0.6) is 5.75 Å². The minimum absolute atomic E-state index is 0.0915. The molecule has 0 aliphatic heterocycles. The molecule has 3 aromatic rings. The molecule has 6 heteroatoms. The van der Waals surface area contributed by atoms with E-state index in [-0.39, 0.29) is 36.0 Å². The van der Waals surface area contributed by atoms with Gasteiger partial charge in [0.1, 0.15) is 5.75 Å². The smallest absolute Gasteiger partial charge is 0.262 e. The normalized spacial score (nSPS) is 11.0. The lowest BCUT2D eigenvalue weighted by Crippen LogP contribution is -2.20. The summed E-state index contributed by atoms with van der Waals surface area (Å²) in [6.45, 7) is 8.33. The van der Waals surface area contributed by atoms with Crippen molar-refractivity contribution in [1.82, 2.24) is 0 Å². The molecule has 182 valence electrons. The Hall–Kier alpha value is -3.93. The molecule has 2 amide bonds. The molecule has 0 aliphatic carbocycles. The van der Waals surface area contributed by atoms with Crippen molar-refractivity contribution in [2.24, 2.45) is 0 Å². The summed E-state index contributed by atoms with van der Waals surface area (Å²) in [4.78, 5) is 36.9. The number of aryl methyl sites for hydroxylation is 1. The number of rotatable bonds is 10. The van der Waals surface area contributed by atoms with Crippen LogP contribution in [0.25, 0.3) is 0 Å². The Morgan fingerprint density at radius 3 is 2.11 bits per heavy atom. The van der Waals surface area contributed by atoms with Gasteiger partial charge in [-0.15, -0.1) is 0 Å². The second-order valence-electron chi connectivity index (χ2n) is 9.19. The standard InChI is InChI=1S/C29H32N2O4/c1-5-29(3,4)22-11-15-25(16-12-22)35-19-28(34)30-23-13-9-21(10-14-23)26(32)18-27(33)31-24-8-6-7-20(2)17-24/h6-17H,5,18-19H2,1-4H3,(H,30,34)(H,31,33). The molecule has 0 aromatic heterocycles. The van der Waals surface area contributed by atoms with E-state index in [1.54, 1.807) is 30.3 Å². The van der Waals surface area contributed by atoms with Crippen LogP contribution in [0.15, 0.2) is 72.8 Å². The van der Waals surface area contributed by atoms with Crippen molar-refractivity contribution in [1.29, 1.82) is 0 Å². The maximum absolute atomic E-state index is 12.4. The van der Waals surface area contributed by atoms with Gasteiger partial charge >= 0.3 is 0 Å². The van der Waals surface area contributed by atoms with Crippen LogP contribution in [0.4, 0.5) is 11.4 Å². The largest absolute Gasteiger partial charge is 0.484 e. The molecular formula is C29H32N2O4. The van der Waals surface area contributed by atoms with Gasteiger partial charge in [-0.3, -0.25) is 14.4 Å². The monoisotopic (exact) mass is 472 g/mol. The average molecular weight is 473 g/mol. The molecule has 0 saturated carbocycles. The molecule has 3 rings (SSSR count). The lowest BCUT2D eigenvalue weighted by molar-refractivity contribution is -0.118. The Balaban J connectivity index is 1.47. The predicted molar refractivity (Wildman–Crippen MR) is 139 cm³/mol. The first-order valence-corrected chi connectivity index (χ1v) is 11.7. The molecule has 0 heterocycles. The van der Waals surface area contributed by atoms with Gasteiger partial charge in [0.15, 0.2) is 12.4 Å². The van der Waals surface area contributed by atoms with Gasteiger partial charge in [0.25, 0.3) is 5.91 Å². The first-order valence-electron chi connectivity index (χ1n) is 11.7. The Kier molecular flexibility index (Phi) is 8.42. The maximum atomic E-state index is 12.4. The molecule has 0 atom stereocenters. The number of hydrogen-bond acceptors (Lipinski definition) is 4. The van der Waals surface area contributed by atoms with Crippen molar-refractivity contribution in [2.45, 2.75) is 46.0 Å². The fourth-order valence-electron chi connectivity index (χ4n) is 3.47. The second-order valence-corrected chi connectivity index (χ2v) is 9.19. The van der Waals surface area contributed by atoms with Crippen LogP contribution >= 0.6 is 0 Å². The summed E-state index contributed by atoms with van der Waals surface area (Å²) < 4.78 is 5.59. The molecule has 0 aliphatic rings. The number of Topliss-reactive ketones (excluding diaryl/α,β-unsaturated/α-hetero) is 1. The molecule has 2 N–H and O–H groups in total. The van der Waals surface area contributed by atoms with E-state index in [2.05, 4.69) is 31.4 Å². The van der Waals surface area contributed by atoms with E-state index >= 15 is 0 Å². The Labute approximate surface area is 206 Å². The first kappa shape index (κ1) is 25.7. The molecule has 0 unspecified atom stereocenters. The molecule has 0 spiro atoms. The number of hydrogen-bond donors (Lipinski definition) is 2. The zero-order valence-corrected chi connectivity index (χ0v) is 20.7. The molecule has 3 aromatic carbocycles. The van der Waals surface area contributed by atoms with Crippen LogP contribution in [0, 0.1) is 6.92 Å². The average Bonchev–Trinajstić information content (AvgIpc) is 2.83. The van der Waals surface area contributed by atoms with Crippen molar-refractivity contribution in [2.75, 3.05) is 17.2 Å². The molecule has 0 saturated heterocycles. The number of carbonyl (C=O) groups excluding carboxylic acids is 3. The summed E-state index contributed by atoms with van der Waals surface area (Å²) >= 11 is 0. The molecule has 35 heavy (non-hydrogen) atoms. The first-order chi connectivity index (χ1) is 16.7. The molecule has 0 fully saturated rings. The number of anilines is 2. The van der Waals surface area contributed by atoms with E-state index in [9.17, 15) is 14.4 Å². The topological polar surface area (TPSA) is 84.5 Å². The third kappa shape index (κ3) is 7.54. The van der Waals surface area contributed by atoms with Gasteiger partial charge < -0.3 is 15.4 Å². The minimum Gasteiger partial charge on any atom is -0.484 e. The van der Waals surface area contributed by atoms with Crippen LogP contribution in [-0.2, 0) is 15.0 Å². The zero-order valence-electron chi connectivity index (χ0n) is 20.7. The summed E-state index contributed by atoms with van der Waals surface area (Å²) in [7, 11) is 0. The predicted octanol–water partition coefficient (Wildman–Crippen LogP) is 5.91. The minimum atomic E-state index is -0.374. The number of ketones is 1. The summed E-state index contributed by atoms with van der Waals surface area (Å²) in [6, 6.07) is 21.6. The van der Waals surface area contributed by atoms with Crippen LogP contribution in [0.2, 0.25) is 0 Å². The highest BCUT2D eigenvalue weighted by atomic mass is 16.5. The van der Waals surface area contributed by atoms with Gasteiger partial charge in [0.2, 0.25) is 5.91 Å². The molecule has 0 radical (unpaired) electrons. The van der Waals surface area contributed by atoms with E-state index in [1.807, 2.05) is 49.4 Å². The number of ether oxygens (including phenoxy) is 1. The van der Waals surface area contributed by atoms with E-state index < -0.39 is 0 Å². The summed E-state index contributed by atoms with van der Waals surface area (Å²) in [5.41, 5.74) is 3.93. The Bertz CT molecular complexity index is 1180. The summed E-state index contributed by atoms with van der Waals surface area (Å²) in [6.07, 6.45) is 0.766. The quantitative estimate of drug-likeness (QED) is 0.284. The highest BCUT2D eigenvalue weighted by Crippen LogP contribution is 2.28. The van der Waals surface area contributed by atoms with E-state index in [4.69, 9.17) is 4.74 Å². The fourth-order valence-corrected chi connectivity index (χ4v) is 3.47. The van der Waals surface area contributed by atoms with Crippen LogP contribution in [-0.4, -0.2) is 24.2 Å². The Morgan fingerprint density at radius 2 is 1.49 bits per heavy atom. The van der Waals surface area contributed by atoms with E-state index in [1.165, 1.54) is 5.56 Å². The number of nitrogens with one attached hydrogen (secondary N) is 2. The fraction of sp³-hybridized carbons (Fsp3) is 0.276. The number of carbonyl (C=O) groups is 3. The number of benzene rings is 3. The zero-order chi connectivity index (χ0) is 25.4. The van der Waals surface area contributed by atoms with Gasteiger partial charge in [0.05, 0.1) is 6.42 Å². The molecular weight excluding hydrogens is 440 g/mol. The van der Waals surface area contributed by atoms with Gasteiger partial charge in [-0.05, 0) is 78.4 Å². The maximum Gasteiger partial charge on any atom is 0.262 e. The van der Waals surface area contributed by atoms with Crippen molar-refractivity contribution in [3.8, 4) is 5.75 Å². The van der Waals surface area contributed by atoms with Gasteiger partial charge in [0, 0.05) is 16.9 Å². The van der Waals surface area contributed by atoms with Gasteiger partial charge in [-0.1, -0.05) is 45.0 Å². The van der Waals surface area contributed by atoms with Crippen molar-refractivity contribution in [3.05, 3.63) is 89.5 Å². The van der Waals surface area contributed by atoms with Crippen LogP contribution < -0.4 is 15.4 Å². The lowest BCUT2D eigenvalue weighted by Gasteiger charge is -2.23. The van der Waals surface area contributed by atoms with Gasteiger partial charge in [-0.25, -0.2) is 0 Å². The summed E-state index contributed by atoms with van der Waals surface area (Å²) in [5.74, 6) is -0.354. The van der Waals surface area contributed by atoms with Crippen molar-refractivity contribution < 1.29 is 19.1 Å².